The molecule has 1 amide bonds. The first-order chi connectivity index (χ1) is 18.6. The first-order valence-electron chi connectivity index (χ1n) is 11.3. The van der Waals surface area contributed by atoms with E-state index in [0.29, 0.717) is 25.3 Å². The van der Waals surface area contributed by atoms with Crippen LogP contribution in [0.25, 0.3) is 0 Å². The van der Waals surface area contributed by atoms with Crippen LogP contribution in [-0.2, 0) is 25.7 Å². The standard InChI is InChI=1S/C19H20FN3O3.2C2HF3O2/c20-17-10-14(5-7-22-17)19(24)23-8-9-25-16-4-3-15(23)18(16)26-12-13-2-1-6-21-11-13;2*3-2(4,5)1(6)7/h1-2,5-7,10-11,15-16,18H,3-4,8-9,12H2;2*(H,6,7). The molecule has 1 saturated heterocycles. The molecule has 10 nitrogen and oxygen atoms in total. The maximum atomic E-state index is 13.4. The highest BCUT2D eigenvalue weighted by Crippen LogP contribution is 2.33. The minimum atomic E-state index is -5.08. The molecule has 1 saturated carbocycles. The molecule has 17 heteroatoms. The number of amides is 1. The van der Waals surface area contributed by atoms with Crippen molar-refractivity contribution in [3.8, 4) is 0 Å². The number of rotatable bonds is 4. The number of fused-ring (bicyclic) bond motifs is 2. The molecule has 0 aromatic carbocycles. The molecule has 3 heterocycles. The summed E-state index contributed by atoms with van der Waals surface area (Å²) in [6, 6.07) is 6.45. The third-order valence-corrected chi connectivity index (χ3v) is 5.44. The minimum absolute atomic E-state index is 0.0244. The number of carboxylic acid groups (broad SMARTS) is 2. The number of halogens is 7. The van der Waals surface area contributed by atoms with Gasteiger partial charge in [0, 0.05) is 36.8 Å². The molecule has 4 rings (SSSR count). The van der Waals surface area contributed by atoms with Gasteiger partial charge in [0.15, 0.2) is 0 Å². The Balaban J connectivity index is 0.000000333. The Hall–Kier alpha value is -3.86. The van der Waals surface area contributed by atoms with Crippen molar-refractivity contribution >= 4 is 17.8 Å². The summed E-state index contributed by atoms with van der Waals surface area (Å²) >= 11 is 0. The first kappa shape index (κ1) is 32.4. The Bertz CT molecular complexity index is 1130. The van der Waals surface area contributed by atoms with E-state index in [1.165, 1.54) is 18.3 Å². The number of ether oxygens (including phenoxy) is 2. The molecule has 2 aliphatic rings. The lowest BCUT2D eigenvalue weighted by Crippen LogP contribution is -2.46. The van der Waals surface area contributed by atoms with Crippen molar-refractivity contribution < 1.29 is 64.8 Å². The van der Waals surface area contributed by atoms with Crippen LogP contribution in [-0.4, -0.2) is 86.7 Å². The number of carbonyl (C=O) groups excluding carboxylic acids is 1. The van der Waals surface area contributed by atoms with Gasteiger partial charge in [-0.25, -0.2) is 14.6 Å². The van der Waals surface area contributed by atoms with Crippen molar-refractivity contribution in [1.29, 1.82) is 0 Å². The van der Waals surface area contributed by atoms with Crippen LogP contribution >= 0.6 is 0 Å². The second kappa shape index (κ2) is 14.0. The highest BCUT2D eigenvalue weighted by molar-refractivity contribution is 5.94. The highest BCUT2D eigenvalue weighted by Gasteiger charge is 2.45. The maximum Gasteiger partial charge on any atom is 0.490 e. The van der Waals surface area contributed by atoms with Gasteiger partial charge in [-0.15, -0.1) is 0 Å². The van der Waals surface area contributed by atoms with Crippen molar-refractivity contribution in [2.75, 3.05) is 13.2 Å². The second-order valence-corrected chi connectivity index (χ2v) is 8.16. The van der Waals surface area contributed by atoms with Crippen LogP contribution in [0.4, 0.5) is 30.7 Å². The Morgan fingerprint density at radius 3 is 2.17 bits per heavy atom. The fourth-order valence-electron chi connectivity index (χ4n) is 3.74. The summed E-state index contributed by atoms with van der Waals surface area (Å²) in [6.45, 7) is 1.34. The van der Waals surface area contributed by atoms with Crippen LogP contribution in [0.1, 0.15) is 28.8 Å². The lowest BCUT2D eigenvalue weighted by atomic mass is 10.1. The molecule has 2 aromatic heterocycles. The lowest BCUT2D eigenvalue weighted by Gasteiger charge is -2.31. The SMILES string of the molecule is O=C(O)C(F)(F)F.O=C(O)C(F)(F)F.O=C(c1ccnc(F)c1)N1CCOC2CCC1C2OCc1cccnc1. The number of pyridine rings is 2. The van der Waals surface area contributed by atoms with E-state index in [4.69, 9.17) is 29.3 Å². The predicted molar refractivity (Wildman–Crippen MR) is 118 cm³/mol. The molecule has 2 bridgehead atoms. The van der Waals surface area contributed by atoms with Gasteiger partial charge < -0.3 is 24.6 Å². The molecule has 3 unspecified atom stereocenters. The molecular formula is C23H22F7N3O7. The number of hydrogen-bond acceptors (Lipinski definition) is 7. The van der Waals surface area contributed by atoms with Crippen molar-refractivity contribution in [2.24, 2.45) is 0 Å². The quantitative estimate of drug-likeness (QED) is 0.408. The van der Waals surface area contributed by atoms with Crippen molar-refractivity contribution in [3.63, 3.8) is 0 Å². The number of nitrogens with zero attached hydrogens (tertiary/aromatic N) is 3. The lowest BCUT2D eigenvalue weighted by molar-refractivity contribution is -0.193. The van der Waals surface area contributed by atoms with E-state index in [1.807, 2.05) is 12.1 Å². The molecule has 1 aliphatic heterocycles. The van der Waals surface area contributed by atoms with Crippen LogP contribution in [0.15, 0.2) is 42.9 Å². The summed E-state index contributed by atoms with van der Waals surface area (Å²) in [5.41, 5.74) is 1.28. The zero-order valence-corrected chi connectivity index (χ0v) is 20.2. The third kappa shape index (κ3) is 9.71. The van der Waals surface area contributed by atoms with E-state index < -0.39 is 30.2 Å². The monoisotopic (exact) mass is 585 g/mol. The zero-order valence-electron chi connectivity index (χ0n) is 20.2. The molecule has 2 N–H and O–H groups in total. The number of hydrogen-bond donors (Lipinski definition) is 2. The first-order valence-corrected chi connectivity index (χ1v) is 11.3. The molecular weight excluding hydrogens is 563 g/mol. The Morgan fingerprint density at radius 2 is 1.65 bits per heavy atom. The highest BCUT2D eigenvalue weighted by atomic mass is 19.4. The van der Waals surface area contributed by atoms with E-state index >= 15 is 0 Å². The van der Waals surface area contributed by atoms with Gasteiger partial charge in [-0.2, -0.15) is 30.7 Å². The van der Waals surface area contributed by atoms with Crippen molar-refractivity contribution in [3.05, 3.63) is 59.9 Å². The van der Waals surface area contributed by atoms with Gasteiger partial charge in [0.1, 0.15) is 6.10 Å². The zero-order chi connectivity index (χ0) is 30.1. The van der Waals surface area contributed by atoms with Crippen LogP contribution in [0, 0.1) is 5.95 Å². The van der Waals surface area contributed by atoms with Crippen LogP contribution in [0.2, 0.25) is 0 Å². The number of carboxylic acids is 2. The Labute approximate surface area is 221 Å². The maximum absolute atomic E-state index is 13.4. The fraction of sp³-hybridized carbons (Fsp3) is 0.435. The van der Waals surface area contributed by atoms with Gasteiger partial charge >= 0.3 is 24.3 Å². The number of aromatic nitrogens is 2. The second-order valence-electron chi connectivity index (χ2n) is 8.16. The number of alkyl halides is 6. The van der Waals surface area contributed by atoms with Gasteiger partial charge in [0.25, 0.3) is 5.91 Å². The Kier molecular flexibility index (Phi) is 11.3. The van der Waals surface area contributed by atoms with Gasteiger partial charge in [-0.1, -0.05) is 6.07 Å². The van der Waals surface area contributed by atoms with Crippen LogP contribution < -0.4 is 0 Å². The summed E-state index contributed by atoms with van der Waals surface area (Å²) in [4.78, 5) is 40.1. The molecule has 0 spiro atoms. The third-order valence-electron chi connectivity index (χ3n) is 5.44. The average molecular weight is 585 g/mol. The fourth-order valence-corrected chi connectivity index (χ4v) is 3.74. The van der Waals surface area contributed by atoms with Crippen molar-refractivity contribution in [1.82, 2.24) is 14.9 Å². The minimum Gasteiger partial charge on any atom is -0.475 e. The smallest absolute Gasteiger partial charge is 0.475 e. The van der Waals surface area contributed by atoms with Gasteiger partial charge in [-0.3, -0.25) is 9.78 Å². The molecule has 2 fully saturated rings. The van der Waals surface area contributed by atoms with Gasteiger partial charge in [0.2, 0.25) is 5.95 Å². The summed E-state index contributed by atoms with van der Waals surface area (Å²) < 4.78 is 88.9. The molecule has 40 heavy (non-hydrogen) atoms. The molecule has 0 radical (unpaired) electrons. The summed E-state index contributed by atoms with van der Waals surface area (Å²) in [5, 5.41) is 14.2. The van der Waals surface area contributed by atoms with Gasteiger partial charge in [0.05, 0.1) is 25.4 Å². The molecule has 3 atom stereocenters. The normalized spacial score (nSPS) is 20.3. The van der Waals surface area contributed by atoms with Crippen molar-refractivity contribution in [2.45, 2.75) is 50.1 Å². The van der Waals surface area contributed by atoms with Crippen LogP contribution in [0.5, 0.6) is 0 Å². The van der Waals surface area contributed by atoms with E-state index in [9.17, 15) is 35.5 Å². The van der Waals surface area contributed by atoms with Crippen LogP contribution in [0.3, 0.4) is 0 Å². The predicted octanol–water partition coefficient (Wildman–Crippen LogP) is 3.47. The largest absolute Gasteiger partial charge is 0.490 e. The number of aliphatic carboxylic acids is 2. The summed E-state index contributed by atoms with van der Waals surface area (Å²) in [7, 11) is 0. The Morgan fingerprint density at radius 1 is 1.02 bits per heavy atom. The molecule has 1 aliphatic carbocycles. The summed E-state index contributed by atoms with van der Waals surface area (Å²) in [5.74, 6) is -6.38. The molecule has 2 aromatic rings. The average Bonchev–Trinajstić information content (AvgIpc) is 3.17. The summed E-state index contributed by atoms with van der Waals surface area (Å²) in [6.07, 6.45) is -3.95. The van der Waals surface area contributed by atoms with Gasteiger partial charge in [-0.05, 0) is 30.5 Å². The number of carbonyl (C=O) groups is 3. The van der Waals surface area contributed by atoms with E-state index in [1.54, 1.807) is 17.3 Å². The topological polar surface area (TPSA) is 139 Å². The van der Waals surface area contributed by atoms with E-state index in [2.05, 4.69) is 9.97 Å². The van der Waals surface area contributed by atoms with E-state index in [0.717, 1.165) is 18.4 Å². The van der Waals surface area contributed by atoms with E-state index in [-0.39, 0.29) is 24.2 Å². The molecule has 220 valence electrons.